The van der Waals surface area contributed by atoms with Crippen LogP contribution in [0.25, 0.3) is 0 Å². The maximum atomic E-state index is 13.1. The van der Waals surface area contributed by atoms with E-state index in [1.807, 2.05) is 12.1 Å². The van der Waals surface area contributed by atoms with Crippen LogP contribution in [0.1, 0.15) is 38.8 Å². The number of amides is 1. The number of carbonyl (C=O) groups is 1. The third-order valence-corrected chi connectivity index (χ3v) is 3.63. The van der Waals surface area contributed by atoms with Gasteiger partial charge in [-0.1, -0.05) is 32.9 Å². The van der Waals surface area contributed by atoms with Gasteiger partial charge in [0.2, 0.25) is 5.91 Å². The third kappa shape index (κ3) is 5.98. The summed E-state index contributed by atoms with van der Waals surface area (Å²) >= 11 is 0. The zero-order valence-corrected chi connectivity index (χ0v) is 14.3. The molecule has 0 fully saturated rings. The highest BCUT2D eigenvalue weighted by molar-refractivity contribution is 5.76. The number of nitrogens with one attached hydrogen (secondary N) is 1. The van der Waals surface area contributed by atoms with Crippen LogP contribution < -0.4 is 5.32 Å². The average Bonchev–Trinajstić information content (AvgIpc) is 2.51. The molecule has 1 atom stereocenters. The van der Waals surface area contributed by atoms with Gasteiger partial charge < -0.3 is 10.2 Å². The number of carbonyl (C=O) groups excluding carboxylic acids is 1. The van der Waals surface area contributed by atoms with Gasteiger partial charge in [-0.25, -0.2) is 4.39 Å². The van der Waals surface area contributed by atoms with E-state index in [2.05, 4.69) is 26.1 Å². The van der Waals surface area contributed by atoms with E-state index in [1.165, 1.54) is 17.0 Å². The molecular formula is C18H23FN4O. The van der Waals surface area contributed by atoms with E-state index in [-0.39, 0.29) is 42.7 Å². The average molecular weight is 330 g/mol. The lowest BCUT2D eigenvalue weighted by Crippen LogP contribution is -2.37. The Morgan fingerprint density at radius 2 is 1.75 bits per heavy atom. The fourth-order valence-corrected chi connectivity index (χ4v) is 2.46. The molecule has 0 spiro atoms. The largest absolute Gasteiger partial charge is 0.316 e. The van der Waals surface area contributed by atoms with Crippen LogP contribution in [-0.2, 0) is 4.79 Å². The smallest absolute Gasteiger partial charge is 0.225 e. The highest BCUT2D eigenvalue weighted by atomic mass is 19.1. The summed E-state index contributed by atoms with van der Waals surface area (Å²) < 4.78 is 13.1. The first-order valence-corrected chi connectivity index (χ1v) is 7.80. The second-order valence-electron chi connectivity index (χ2n) is 6.62. The summed E-state index contributed by atoms with van der Waals surface area (Å²) in [6, 6.07) is 10.0. The lowest BCUT2D eigenvalue weighted by molar-refractivity contribution is -0.130. The minimum Gasteiger partial charge on any atom is -0.316 e. The molecule has 0 unspecified atom stereocenters. The van der Waals surface area contributed by atoms with Crippen LogP contribution in [0, 0.1) is 33.9 Å². The SMILES string of the molecule is CC(C)(C)[C@H](NCCC(=O)N(CC#N)CC#N)c1ccc(F)cc1. The van der Waals surface area contributed by atoms with Gasteiger partial charge in [-0.05, 0) is 23.1 Å². The lowest BCUT2D eigenvalue weighted by Gasteiger charge is -2.32. The van der Waals surface area contributed by atoms with Crippen LogP contribution >= 0.6 is 0 Å². The Balaban J connectivity index is 2.70. The molecule has 5 nitrogen and oxygen atoms in total. The summed E-state index contributed by atoms with van der Waals surface area (Å²) in [7, 11) is 0. The lowest BCUT2D eigenvalue weighted by atomic mass is 9.82. The molecule has 1 N–H and O–H groups in total. The Hall–Kier alpha value is -2.44. The molecule has 0 aliphatic carbocycles. The molecule has 0 saturated heterocycles. The van der Waals surface area contributed by atoms with Crippen LogP contribution in [0.5, 0.6) is 0 Å². The van der Waals surface area contributed by atoms with E-state index in [9.17, 15) is 9.18 Å². The Morgan fingerprint density at radius 1 is 1.21 bits per heavy atom. The Kier molecular flexibility index (Phi) is 7.35. The van der Waals surface area contributed by atoms with E-state index < -0.39 is 0 Å². The van der Waals surface area contributed by atoms with Crippen molar-refractivity contribution in [3.63, 3.8) is 0 Å². The van der Waals surface area contributed by atoms with Gasteiger partial charge in [-0.3, -0.25) is 4.79 Å². The third-order valence-electron chi connectivity index (χ3n) is 3.63. The van der Waals surface area contributed by atoms with Crippen molar-refractivity contribution in [2.75, 3.05) is 19.6 Å². The topological polar surface area (TPSA) is 79.9 Å². The van der Waals surface area contributed by atoms with Crippen LogP contribution in [0.15, 0.2) is 24.3 Å². The summed E-state index contributed by atoms with van der Waals surface area (Å²) in [5.74, 6) is -0.525. The van der Waals surface area contributed by atoms with Crippen LogP contribution in [-0.4, -0.2) is 30.4 Å². The second-order valence-corrected chi connectivity index (χ2v) is 6.62. The van der Waals surface area contributed by atoms with Gasteiger partial charge in [0, 0.05) is 19.0 Å². The number of hydrogen-bond acceptors (Lipinski definition) is 4. The summed E-state index contributed by atoms with van der Waals surface area (Å²) in [6.07, 6.45) is 0.192. The fraction of sp³-hybridized carbons (Fsp3) is 0.500. The molecule has 1 amide bonds. The Morgan fingerprint density at radius 3 is 2.21 bits per heavy atom. The van der Waals surface area contributed by atoms with E-state index in [4.69, 9.17) is 10.5 Å². The molecule has 0 saturated carbocycles. The minimum absolute atomic E-state index is 0.0497. The van der Waals surface area contributed by atoms with E-state index in [0.29, 0.717) is 6.54 Å². The van der Waals surface area contributed by atoms with E-state index in [1.54, 1.807) is 12.1 Å². The molecule has 1 aromatic carbocycles. The van der Waals surface area contributed by atoms with Gasteiger partial charge in [0.25, 0.3) is 0 Å². The summed E-state index contributed by atoms with van der Waals surface area (Å²) in [4.78, 5) is 13.3. The van der Waals surface area contributed by atoms with Crippen molar-refractivity contribution < 1.29 is 9.18 Å². The van der Waals surface area contributed by atoms with Crippen molar-refractivity contribution in [3.05, 3.63) is 35.6 Å². The highest BCUT2D eigenvalue weighted by Gasteiger charge is 2.26. The quantitative estimate of drug-likeness (QED) is 0.780. The molecule has 0 aromatic heterocycles. The fourth-order valence-electron chi connectivity index (χ4n) is 2.46. The monoisotopic (exact) mass is 330 g/mol. The van der Waals surface area contributed by atoms with Gasteiger partial charge in [-0.2, -0.15) is 10.5 Å². The molecular weight excluding hydrogens is 307 g/mol. The molecule has 0 bridgehead atoms. The van der Waals surface area contributed by atoms with Crippen molar-refractivity contribution in [1.29, 1.82) is 10.5 Å². The molecule has 0 aliphatic rings. The first-order valence-electron chi connectivity index (χ1n) is 7.80. The zero-order chi connectivity index (χ0) is 18.2. The number of nitriles is 2. The molecule has 24 heavy (non-hydrogen) atoms. The van der Waals surface area contributed by atoms with E-state index >= 15 is 0 Å². The highest BCUT2D eigenvalue weighted by Crippen LogP contribution is 2.32. The summed E-state index contributed by atoms with van der Waals surface area (Å²) in [5.41, 5.74) is 0.821. The van der Waals surface area contributed by atoms with Crippen molar-refractivity contribution in [1.82, 2.24) is 10.2 Å². The number of nitrogens with zero attached hydrogens (tertiary/aromatic N) is 3. The first kappa shape index (κ1) is 19.6. The summed E-state index contributed by atoms with van der Waals surface area (Å²) in [6.45, 7) is 6.42. The molecule has 0 aliphatic heterocycles. The molecule has 0 radical (unpaired) electrons. The van der Waals surface area contributed by atoms with Gasteiger partial charge in [0.15, 0.2) is 0 Å². The van der Waals surface area contributed by atoms with Crippen molar-refractivity contribution in [2.24, 2.45) is 5.41 Å². The Labute approximate surface area is 142 Å². The maximum Gasteiger partial charge on any atom is 0.225 e. The number of benzene rings is 1. The number of halogens is 1. The number of hydrogen-bond donors (Lipinski definition) is 1. The van der Waals surface area contributed by atoms with Gasteiger partial charge in [0.1, 0.15) is 18.9 Å². The molecule has 128 valence electrons. The normalized spacial score (nSPS) is 12.1. The van der Waals surface area contributed by atoms with Gasteiger partial charge in [-0.15, -0.1) is 0 Å². The van der Waals surface area contributed by atoms with E-state index in [0.717, 1.165) is 5.56 Å². The molecule has 0 heterocycles. The molecule has 1 aromatic rings. The molecule has 6 heteroatoms. The van der Waals surface area contributed by atoms with Crippen molar-refractivity contribution >= 4 is 5.91 Å². The van der Waals surface area contributed by atoms with Crippen LogP contribution in [0.3, 0.4) is 0 Å². The number of rotatable bonds is 7. The van der Waals surface area contributed by atoms with Crippen LogP contribution in [0.4, 0.5) is 4.39 Å². The second kappa shape index (κ2) is 9.00. The predicted molar refractivity (Wildman–Crippen MR) is 89.0 cm³/mol. The van der Waals surface area contributed by atoms with Gasteiger partial charge >= 0.3 is 0 Å². The van der Waals surface area contributed by atoms with Gasteiger partial charge in [0.05, 0.1) is 12.1 Å². The summed E-state index contributed by atoms with van der Waals surface area (Å²) in [5, 5.41) is 20.7. The van der Waals surface area contributed by atoms with Crippen LogP contribution in [0.2, 0.25) is 0 Å². The minimum atomic E-state index is -0.287. The molecule has 1 rings (SSSR count). The van der Waals surface area contributed by atoms with Crippen molar-refractivity contribution in [3.8, 4) is 12.1 Å². The predicted octanol–water partition coefficient (Wildman–Crippen LogP) is 2.77. The maximum absolute atomic E-state index is 13.1. The zero-order valence-electron chi connectivity index (χ0n) is 14.3. The standard InChI is InChI=1S/C18H23FN4O/c1-18(2,3)17(14-4-6-15(19)7-5-14)22-11-8-16(24)23(12-9-20)13-10-21/h4-7,17,22H,8,11-13H2,1-3H3/t17-/m1/s1. The van der Waals surface area contributed by atoms with Crippen molar-refractivity contribution in [2.45, 2.75) is 33.2 Å². The Bertz CT molecular complexity index is 606. The first-order chi connectivity index (χ1) is 11.3.